The van der Waals surface area contributed by atoms with E-state index in [0.29, 0.717) is 5.56 Å². The van der Waals surface area contributed by atoms with Crippen molar-refractivity contribution in [1.29, 1.82) is 0 Å². The van der Waals surface area contributed by atoms with Crippen LogP contribution >= 0.6 is 0 Å². The van der Waals surface area contributed by atoms with Gasteiger partial charge in [0.2, 0.25) is 0 Å². The summed E-state index contributed by atoms with van der Waals surface area (Å²) < 4.78 is 0. The maximum atomic E-state index is 12.5. The first-order valence-electron chi connectivity index (χ1n) is 7.17. The molecule has 3 N–H and O–H groups in total. The molecule has 2 aromatic carbocycles. The number of anilines is 1. The molecule has 0 saturated heterocycles. The van der Waals surface area contributed by atoms with Crippen molar-refractivity contribution in [2.24, 2.45) is 0 Å². The predicted octanol–water partition coefficient (Wildman–Crippen LogP) is 4.21. The van der Waals surface area contributed by atoms with E-state index in [9.17, 15) is 4.79 Å². The Hall–Kier alpha value is -3.01. The van der Waals surface area contributed by atoms with Gasteiger partial charge in [0, 0.05) is 44.9 Å². The highest BCUT2D eigenvalue weighted by atomic mass is 16.1. The number of carbonyl (C=O) groups excluding carboxylic acids is 1. The fourth-order valence-electron chi connectivity index (χ4n) is 2.84. The average Bonchev–Trinajstić information content (AvgIpc) is 3.11. The van der Waals surface area contributed by atoms with Gasteiger partial charge in [-0.05, 0) is 49.4 Å². The van der Waals surface area contributed by atoms with Crippen molar-refractivity contribution in [3.8, 4) is 0 Å². The molecular formula is C18H15N3O. The van der Waals surface area contributed by atoms with Gasteiger partial charge >= 0.3 is 0 Å². The van der Waals surface area contributed by atoms with Crippen molar-refractivity contribution < 1.29 is 4.79 Å². The molecule has 0 aliphatic heterocycles. The number of fused-ring (bicyclic) bond motifs is 2. The van der Waals surface area contributed by atoms with Crippen LogP contribution in [0, 0.1) is 6.92 Å². The monoisotopic (exact) mass is 289 g/mol. The van der Waals surface area contributed by atoms with Crippen LogP contribution in [0.15, 0.2) is 54.7 Å². The number of rotatable bonds is 2. The molecule has 0 unspecified atom stereocenters. The number of hydrogen-bond donors (Lipinski definition) is 3. The van der Waals surface area contributed by atoms with E-state index in [-0.39, 0.29) is 5.91 Å². The highest BCUT2D eigenvalue weighted by Gasteiger charge is 2.11. The zero-order chi connectivity index (χ0) is 15.1. The number of carbonyl (C=O) groups is 1. The van der Waals surface area contributed by atoms with Crippen LogP contribution in [-0.4, -0.2) is 15.9 Å². The van der Waals surface area contributed by atoms with Gasteiger partial charge in [-0.25, -0.2) is 0 Å². The fourth-order valence-corrected chi connectivity index (χ4v) is 2.84. The molecule has 2 heterocycles. The molecule has 0 saturated carbocycles. The third-order valence-corrected chi connectivity index (χ3v) is 3.85. The molecule has 4 aromatic rings. The lowest BCUT2D eigenvalue weighted by atomic mass is 10.1. The van der Waals surface area contributed by atoms with Crippen molar-refractivity contribution >= 4 is 33.4 Å². The van der Waals surface area contributed by atoms with Crippen molar-refractivity contribution in [3.05, 3.63) is 66.0 Å². The van der Waals surface area contributed by atoms with E-state index in [1.165, 1.54) is 0 Å². The summed E-state index contributed by atoms with van der Waals surface area (Å²) in [5.74, 6) is -0.100. The molecule has 0 aliphatic carbocycles. The van der Waals surface area contributed by atoms with Crippen LogP contribution in [0.1, 0.15) is 16.1 Å². The van der Waals surface area contributed by atoms with Crippen molar-refractivity contribution in [3.63, 3.8) is 0 Å². The summed E-state index contributed by atoms with van der Waals surface area (Å²) in [6.07, 6.45) is 1.84. The van der Waals surface area contributed by atoms with E-state index in [0.717, 1.165) is 33.2 Å². The number of amides is 1. The smallest absolute Gasteiger partial charge is 0.256 e. The summed E-state index contributed by atoms with van der Waals surface area (Å²) in [7, 11) is 0. The minimum Gasteiger partial charge on any atom is -0.361 e. The molecule has 0 spiro atoms. The molecule has 0 atom stereocenters. The first kappa shape index (κ1) is 12.7. The van der Waals surface area contributed by atoms with Crippen LogP contribution < -0.4 is 5.32 Å². The lowest BCUT2D eigenvalue weighted by molar-refractivity contribution is 0.102. The van der Waals surface area contributed by atoms with Crippen LogP contribution in [0.25, 0.3) is 21.8 Å². The van der Waals surface area contributed by atoms with E-state index in [1.54, 1.807) is 0 Å². The highest BCUT2D eigenvalue weighted by Crippen LogP contribution is 2.22. The van der Waals surface area contributed by atoms with Crippen LogP contribution in [0.3, 0.4) is 0 Å². The van der Waals surface area contributed by atoms with Gasteiger partial charge in [0.25, 0.3) is 5.91 Å². The van der Waals surface area contributed by atoms with Crippen molar-refractivity contribution in [2.75, 3.05) is 5.32 Å². The van der Waals surface area contributed by atoms with Gasteiger partial charge in [-0.1, -0.05) is 6.07 Å². The topological polar surface area (TPSA) is 60.7 Å². The molecule has 2 aromatic heterocycles. The Labute approximate surface area is 127 Å². The maximum Gasteiger partial charge on any atom is 0.256 e. The molecule has 0 bridgehead atoms. The average molecular weight is 289 g/mol. The molecule has 4 rings (SSSR count). The zero-order valence-corrected chi connectivity index (χ0v) is 12.1. The van der Waals surface area contributed by atoms with E-state index >= 15 is 0 Å². The third-order valence-electron chi connectivity index (χ3n) is 3.85. The summed E-state index contributed by atoms with van der Waals surface area (Å²) in [4.78, 5) is 18.9. The van der Waals surface area contributed by atoms with Crippen molar-refractivity contribution in [1.82, 2.24) is 9.97 Å². The molecule has 108 valence electrons. The van der Waals surface area contributed by atoms with Gasteiger partial charge in [0.1, 0.15) is 0 Å². The van der Waals surface area contributed by atoms with Gasteiger partial charge < -0.3 is 15.3 Å². The van der Waals surface area contributed by atoms with E-state index < -0.39 is 0 Å². The summed E-state index contributed by atoms with van der Waals surface area (Å²) in [5.41, 5.74) is 4.61. The first-order chi connectivity index (χ1) is 10.7. The Morgan fingerprint density at radius 2 is 1.95 bits per heavy atom. The van der Waals surface area contributed by atoms with Crippen LogP contribution in [0.5, 0.6) is 0 Å². The maximum absolute atomic E-state index is 12.5. The summed E-state index contributed by atoms with van der Waals surface area (Å²) >= 11 is 0. The third kappa shape index (κ3) is 2.05. The summed E-state index contributed by atoms with van der Waals surface area (Å²) in [5, 5.41) is 5.00. The lowest BCUT2D eigenvalue weighted by Gasteiger charge is -2.06. The van der Waals surface area contributed by atoms with E-state index in [2.05, 4.69) is 21.4 Å². The van der Waals surface area contributed by atoms with Gasteiger partial charge in [0.05, 0.1) is 0 Å². The fraction of sp³-hybridized carbons (Fsp3) is 0.0556. The van der Waals surface area contributed by atoms with E-state index in [1.807, 2.05) is 55.6 Å². The standard InChI is InChI=1S/C18H15N3O/c1-11-9-12-10-13(5-6-16(12)20-11)21-18(22)15-3-2-4-17-14(15)7-8-19-17/h2-10,19-20H,1H3,(H,21,22). The molecule has 0 aliphatic rings. The quantitative estimate of drug-likeness (QED) is 0.508. The molecule has 4 nitrogen and oxygen atoms in total. The number of aryl methyl sites for hydroxylation is 1. The minimum absolute atomic E-state index is 0.100. The molecule has 1 amide bonds. The number of nitrogens with one attached hydrogen (secondary N) is 3. The molecule has 0 fully saturated rings. The number of aromatic nitrogens is 2. The second-order valence-corrected chi connectivity index (χ2v) is 5.45. The Morgan fingerprint density at radius 1 is 1.05 bits per heavy atom. The highest BCUT2D eigenvalue weighted by molar-refractivity contribution is 6.12. The Balaban J connectivity index is 1.69. The number of aromatic amines is 2. The van der Waals surface area contributed by atoms with Crippen LogP contribution in [0.2, 0.25) is 0 Å². The lowest BCUT2D eigenvalue weighted by Crippen LogP contribution is -2.12. The van der Waals surface area contributed by atoms with Crippen LogP contribution in [0.4, 0.5) is 5.69 Å². The molecule has 22 heavy (non-hydrogen) atoms. The summed E-state index contributed by atoms with van der Waals surface area (Å²) in [6.45, 7) is 2.02. The molecule has 0 radical (unpaired) electrons. The number of H-pyrrole nitrogens is 2. The zero-order valence-electron chi connectivity index (χ0n) is 12.1. The number of hydrogen-bond acceptors (Lipinski definition) is 1. The Bertz CT molecular complexity index is 994. The van der Waals surface area contributed by atoms with E-state index in [4.69, 9.17) is 0 Å². The van der Waals surface area contributed by atoms with Gasteiger partial charge in [0.15, 0.2) is 0 Å². The second-order valence-electron chi connectivity index (χ2n) is 5.45. The Kier molecular flexibility index (Phi) is 2.76. The largest absolute Gasteiger partial charge is 0.361 e. The van der Waals surface area contributed by atoms with Gasteiger partial charge in [-0.15, -0.1) is 0 Å². The number of benzene rings is 2. The molecular weight excluding hydrogens is 274 g/mol. The molecule has 4 heteroatoms. The second kappa shape index (κ2) is 4.77. The summed E-state index contributed by atoms with van der Waals surface area (Å²) in [6, 6.07) is 15.5. The normalized spacial score (nSPS) is 11.1. The Morgan fingerprint density at radius 3 is 2.86 bits per heavy atom. The van der Waals surface area contributed by atoms with Gasteiger partial charge in [-0.2, -0.15) is 0 Å². The minimum atomic E-state index is -0.100. The SMILES string of the molecule is Cc1cc2cc(NC(=O)c3cccc4[nH]ccc34)ccc2[nH]1. The predicted molar refractivity (Wildman–Crippen MR) is 89.3 cm³/mol. The van der Waals surface area contributed by atoms with Gasteiger partial charge in [-0.3, -0.25) is 4.79 Å². The first-order valence-corrected chi connectivity index (χ1v) is 7.17. The van der Waals surface area contributed by atoms with Crippen molar-refractivity contribution in [2.45, 2.75) is 6.92 Å². The van der Waals surface area contributed by atoms with Crippen LogP contribution in [-0.2, 0) is 0 Å².